The Kier molecular flexibility index (Phi) is 2.99. The molecule has 0 aromatic carbocycles. The first-order valence-corrected chi connectivity index (χ1v) is 3.81. The predicted octanol–water partition coefficient (Wildman–Crippen LogP) is -1.49. The molecular formula is C7H13N2O2. The van der Waals surface area contributed by atoms with E-state index in [4.69, 9.17) is 5.11 Å². The molecule has 4 nitrogen and oxygen atoms in total. The fourth-order valence-corrected chi connectivity index (χ4v) is 1.07. The number of ketones is 1. The second-order valence-electron chi connectivity index (χ2n) is 2.70. The lowest BCUT2D eigenvalue weighted by Crippen LogP contribution is -2.50. The number of hydrogen-bond acceptors (Lipinski definition) is 3. The van der Waals surface area contributed by atoms with Gasteiger partial charge in [0.05, 0.1) is 6.04 Å². The summed E-state index contributed by atoms with van der Waals surface area (Å²) in [6.07, 6.45) is -0.886. The minimum Gasteiger partial charge on any atom is -0.386 e. The zero-order valence-corrected chi connectivity index (χ0v) is 6.58. The Balaban J connectivity index is 2.39. The number of carbonyl (C=O) groups is 1. The van der Waals surface area contributed by atoms with E-state index in [-0.39, 0.29) is 11.8 Å². The summed E-state index contributed by atoms with van der Waals surface area (Å²) in [6.45, 7) is 3.56. The van der Waals surface area contributed by atoms with Crippen LogP contribution in [0, 0.1) is 0 Å². The van der Waals surface area contributed by atoms with Crippen LogP contribution in [0.2, 0.25) is 0 Å². The molecule has 0 bridgehead atoms. The monoisotopic (exact) mass is 157 g/mol. The molecule has 2 unspecified atom stereocenters. The highest BCUT2D eigenvalue weighted by molar-refractivity contribution is 5.87. The van der Waals surface area contributed by atoms with Crippen molar-refractivity contribution >= 4 is 5.78 Å². The van der Waals surface area contributed by atoms with Crippen LogP contribution in [0.5, 0.6) is 0 Å². The molecule has 1 saturated heterocycles. The molecule has 2 N–H and O–H groups in total. The molecule has 0 aromatic rings. The lowest BCUT2D eigenvalue weighted by Gasteiger charge is -2.22. The molecule has 0 amide bonds. The molecule has 63 valence electrons. The van der Waals surface area contributed by atoms with Gasteiger partial charge in [-0.25, -0.2) is 5.32 Å². The van der Waals surface area contributed by atoms with Gasteiger partial charge in [0.15, 0.2) is 5.78 Å². The molecule has 11 heavy (non-hydrogen) atoms. The molecule has 0 saturated carbocycles. The average molecular weight is 157 g/mol. The van der Waals surface area contributed by atoms with Gasteiger partial charge in [0.25, 0.3) is 0 Å². The minimum absolute atomic E-state index is 0.183. The number of hydrogen-bond donors (Lipinski definition) is 2. The number of piperazine rings is 1. The Morgan fingerprint density at radius 2 is 2.55 bits per heavy atom. The SMILES string of the molecule is CC(O)C(=O)C1CNCC[N]1. The summed E-state index contributed by atoms with van der Waals surface area (Å²) in [7, 11) is 0. The molecule has 1 radical (unpaired) electrons. The van der Waals surface area contributed by atoms with Crippen molar-refractivity contribution in [2.75, 3.05) is 19.6 Å². The molecular weight excluding hydrogens is 144 g/mol. The summed E-state index contributed by atoms with van der Waals surface area (Å²) in [5.74, 6) is -0.183. The van der Waals surface area contributed by atoms with Crippen LogP contribution in [0.15, 0.2) is 0 Å². The third kappa shape index (κ3) is 2.25. The van der Waals surface area contributed by atoms with Crippen molar-refractivity contribution in [3.05, 3.63) is 0 Å². The number of rotatable bonds is 2. The van der Waals surface area contributed by atoms with Gasteiger partial charge in [-0.3, -0.25) is 4.79 Å². The van der Waals surface area contributed by atoms with E-state index in [0.29, 0.717) is 13.1 Å². The first kappa shape index (κ1) is 8.64. The molecule has 0 spiro atoms. The molecule has 0 aliphatic carbocycles. The molecule has 2 atom stereocenters. The number of aliphatic hydroxyl groups is 1. The van der Waals surface area contributed by atoms with E-state index >= 15 is 0 Å². The van der Waals surface area contributed by atoms with Gasteiger partial charge in [-0.05, 0) is 6.92 Å². The summed E-state index contributed by atoms with van der Waals surface area (Å²) < 4.78 is 0. The third-order valence-corrected chi connectivity index (χ3v) is 1.72. The second-order valence-corrected chi connectivity index (χ2v) is 2.70. The van der Waals surface area contributed by atoms with Crippen molar-refractivity contribution in [2.45, 2.75) is 19.1 Å². The summed E-state index contributed by atoms with van der Waals surface area (Å²) in [6, 6.07) is -0.330. The van der Waals surface area contributed by atoms with Crippen LogP contribution in [-0.2, 0) is 4.79 Å². The standard InChI is InChI=1S/C7H13N2O2/c1-5(10)7(11)6-4-8-2-3-9-6/h5-6,8,10H,2-4H2,1H3. The topological polar surface area (TPSA) is 63.4 Å². The lowest BCUT2D eigenvalue weighted by molar-refractivity contribution is -0.128. The van der Waals surface area contributed by atoms with Crippen LogP contribution in [-0.4, -0.2) is 42.7 Å². The van der Waals surface area contributed by atoms with Crippen molar-refractivity contribution in [1.29, 1.82) is 0 Å². The average Bonchev–Trinajstić information content (AvgIpc) is 2.05. The van der Waals surface area contributed by atoms with E-state index in [2.05, 4.69) is 10.6 Å². The maximum Gasteiger partial charge on any atom is 0.180 e. The summed E-state index contributed by atoms with van der Waals surface area (Å²) >= 11 is 0. The van der Waals surface area contributed by atoms with Crippen LogP contribution in [0.25, 0.3) is 0 Å². The van der Waals surface area contributed by atoms with E-state index in [0.717, 1.165) is 6.54 Å². The quantitative estimate of drug-likeness (QED) is 0.513. The molecule has 4 heteroatoms. The van der Waals surface area contributed by atoms with E-state index in [1.54, 1.807) is 0 Å². The van der Waals surface area contributed by atoms with Crippen molar-refractivity contribution in [3.8, 4) is 0 Å². The van der Waals surface area contributed by atoms with Crippen LogP contribution < -0.4 is 10.6 Å². The van der Waals surface area contributed by atoms with Gasteiger partial charge >= 0.3 is 0 Å². The summed E-state index contributed by atoms with van der Waals surface area (Å²) in [5, 5.41) is 16.1. The van der Waals surface area contributed by atoms with Crippen LogP contribution in [0.3, 0.4) is 0 Å². The van der Waals surface area contributed by atoms with Crippen LogP contribution in [0.1, 0.15) is 6.92 Å². The normalized spacial score (nSPS) is 28.0. The van der Waals surface area contributed by atoms with Gasteiger partial charge in [-0.1, -0.05) is 0 Å². The van der Waals surface area contributed by atoms with E-state index < -0.39 is 6.10 Å². The third-order valence-electron chi connectivity index (χ3n) is 1.72. The first-order chi connectivity index (χ1) is 5.22. The highest BCUT2D eigenvalue weighted by atomic mass is 16.3. The van der Waals surface area contributed by atoms with Crippen molar-refractivity contribution in [3.63, 3.8) is 0 Å². The maximum atomic E-state index is 11.1. The highest BCUT2D eigenvalue weighted by Gasteiger charge is 2.24. The summed E-state index contributed by atoms with van der Waals surface area (Å²) in [5.41, 5.74) is 0. The zero-order valence-electron chi connectivity index (χ0n) is 6.58. The molecule has 1 aliphatic heterocycles. The van der Waals surface area contributed by atoms with Crippen LogP contribution >= 0.6 is 0 Å². The van der Waals surface area contributed by atoms with E-state index in [9.17, 15) is 4.79 Å². The Labute approximate surface area is 66.0 Å². The minimum atomic E-state index is -0.886. The maximum absolute atomic E-state index is 11.1. The van der Waals surface area contributed by atoms with Crippen LogP contribution in [0.4, 0.5) is 0 Å². The van der Waals surface area contributed by atoms with Gasteiger partial charge in [-0.15, -0.1) is 0 Å². The Bertz CT molecular complexity index is 141. The number of carbonyl (C=O) groups excluding carboxylic acids is 1. The van der Waals surface area contributed by atoms with E-state index in [1.165, 1.54) is 6.92 Å². The number of Topliss-reactive ketones (excluding diaryl/α,β-unsaturated/α-hetero) is 1. The van der Waals surface area contributed by atoms with E-state index in [1.807, 2.05) is 0 Å². The highest BCUT2D eigenvalue weighted by Crippen LogP contribution is 1.95. The molecule has 0 aromatic heterocycles. The largest absolute Gasteiger partial charge is 0.386 e. The fourth-order valence-electron chi connectivity index (χ4n) is 1.07. The van der Waals surface area contributed by atoms with Gasteiger partial charge in [0, 0.05) is 19.6 Å². The molecule has 1 rings (SSSR count). The van der Waals surface area contributed by atoms with Gasteiger partial charge in [0.2, 0.25) is 0 Å². The Morgan fingerprint density at radius 3 is 3.00 bits per heavy atom. The fraction of sp³-hybridized carbons (Fsp3) is 0.857. The van der Waals surface area contributed by atoms with Gasteiger partial charge < -0.3 is 10.4 Å². The molecule has 1 heterocycles. The Hall–Kier alpha value is -0.450. The predicted molar refractivity (Wildman–Crippen MR) is 40.3 cm³/mol. The molecule has 1 aliphatic rings. The number of nitrogens with zero attached hydrogens (tertiary/aromatic N) is 1. The first-order valence-electron chi connectivity index (χ1n) is 3.81. The lowest BCUT2D eigenvalue weighted by atomic mass is 10.1. The number of aliphatic hydroxyl groups excluding tert-OH is 1. The smallest absolute Gasteiger partial charge is 0.180 e. The number of nitrogens with one attached hydrogen (secondary N) is 1. The van der Waals surface area contributed by atoms with Crippen molar-refractivity contribution in [2.24, 2.45) is 0 Å². The van der Waals surface area contributed by atoms with Crippen molar-refractivity contribution in [1.82, 2.24) is 10.6 Å². The second kappa shape index (κ2) is 3.80. The molecule has 1 fully saturated rings. The van der Waals surface area contributed by atoms with Gasteiger partial charge in [0.1, 0.15) is 6.10 Å². The Morgan fingerprint density at radius 1 is 1.82 bits per heavy atom. The van der Waals surface area contributed by atoms with Gasteiger partial charge in [-0.2, -0.15) is 0 Å². The van der Waals surface area contributed by atoms with Crippen molar-refractivity contribution < 1.29 is 9.90 Å². The summed E-state index contributed by atoms with van der Waals surface area (Å²) in [4.78, 5) is 11.1. The zero-order chi connectivity index (χ0) is 8.27.